The van der Waals surface area contributed by atoms with Crippen molar-refractivity contribution in [1.82, 2.24) is 10.2 Å². The number of nitrogens with two attached hydrogens (primary N) is 1. The lowest BCUT2D eigenvalue weighted by Gasteiger charge is -2.32. The van der Waals surface area contributed by atoms with Crippen molar-refractivity contribution in [3.63, 3.8) is 0 Å². The minimum absolute atomic E-state index is 0.0231. The van der Waals surface area contributed by atoms with Crippen LogP contribution in [-0.2, 0) is 11.3 Å². The number of nitrogens with one attached hydrogen (secondary N) is 1. The van der Waals surface area contributed by atoms with Gasteiger partial charge in [-0.1, -0.05) is 36.4 Å². The standard InChI is InChI=1S/C23H27N3O3/c1-26-11-9-16(10-12-26)21(27)22-20(15-5-3-2-4-6-15)25-14-18-8-7-17(23(24)28)13-19(18)29-22/h2-8,13,16,20,22,25H,9-12,14H2,1H3,(H2,24,28). The van der Waals surface area contributed by atoms with Gasteiger partial charge in [0, 0.05) is 23.6 Å². The zero-order valence-electron chi connectivity index (χ0n) is 16.6. The number of nitrogens with zero attached hydrogens (tertiary/aromatic N) is 1. The third-order valence-electron chi connectivity index (χ3n) is 5.98. The molecule has 4 rings (SSSR count). The molecule has 2 aromatic rings. The van der Waals surface area contributed by atoms with Gasteiger partial charge in [0.2, 0.25) is 5.91 Å². The van der Waals surface area contributed by atoms with Crippen molar-refractivity contribution in [2.24, 2.45) is 11.7 Å². The van der Waals surface area contributed by atoms with E-state index in [0.29, 0.717) is 17.9 Å². The van der Waals surface area contributed by atoms with Crippen LogP contribution >= 0.6 is 0 Å². The Morgan fingerprint density at radius 2 is 1.83 bits per heavy atom. The summed E-state index contributed by atoms with van der Waals surface area (Å²) in [4.78, 5) is 27.4. The molecule has 6 heteroatoms. The van der Waals surface area contributed by atoms with E-state index in [4.69, 9.17) is 10.5 Å². The van der Waals surface area contributed by atoms with Crippen LogP contribution in [0.5, 0.6) is 5.75 Å². The van der Waals surface area contributed by atoms with Crippen LogP contribution in [0.25, 0.3) is 0 Å². The first-order valence-corrected chi connectivity index (χ1v) is 10.1. The predicted molar refractivity (Wildman–Crippen MR) is 111 cm³/mol. The van der Waals surface area contributed by atoms with Crippen molar-refractivity contribution in [1.29, 1.82) is 0 Å². The molecule has 2 heterocycles. The maximum atomic E-state index is 13.5. The Balaban J connectivity index is 1.68. The van der Waals surface area contributed by atoms with Crippen molar-refractivity contribution in [3.05, 3.63) is 65.2 Å². The van der Waals surface area contributed by atoms with Crippen molar-refractivity contribution in [2.75, 3.05) is 20.1 Å². The molecule has 0 radical (unpaired) electrons. The molecule has 2 unspecified atom stereocenters. The number of carbonyl (C=O) groups is 2. The van der Waals surface area contributed by atoms with Crippen LogP contribution in [0.4, 0.5) is 0 Å². The number of fused-ring (bicyclic) bond motifs is 1. The first-order valence-electron chi connectivity index (χ1n) is 10.1. The van der Waals surface area contributed by atoms with Crippen LogP contribution in [-0.4, -0.2) is 42.8 Å². The number of benzene rings is 2. The maximum Gasteiger partial charge on any atom is 0.248 e. The Morgan fingerprint density at radius 3 is 2.52 bits per heavy atom. The second-order valence-corrected chi connectivity index (χ2v) is 7.97. The lowest BCUT2D eigenvalue weighted by Crippen LogP contribution is -2.45. The quantitative estimate of drug-likeness (QED) is 0.833. The van der Waals surface area contributed by atoms with Gasteiger partial charge in [-0.15, -0.1) is 0 Å². The minimum atomic E-state index is -0.657. The fraction of sp³-hybridized carbons (Fsp3) is 0.391. The number of Topliss-reactive ketones (excluding diaryl/α,β-unsaturated/α-hetero) is 1. The third-order valence-corrected chi connectivity index (χ3v) is 5.98. The number of ketones is 1. The van der Waals surface area contributed by atoms with Gasteiger partial charge in [-0.2, -0.15) is 0 Å². The number of amides is 1. The van der Waals surface area contributed by atoms with Crippen molar-refractivity contribution < 1.29 is 14.3 Å². The molecule has 3 N–H and O–H groups in total. The van der Waals surface area contributed by atoms with E-state index >= 15 is 0 Å². The fourth-order valence-electron chi connectivity index (χ4n) is 4.20. The molecular weight excluding hydrogens is 366 g/mol. The van der Waals surface area contributed by atoms with Crippen LogP contribution in [0.15, 0.2) is 48.5 Å². The van der Waals surface area contributed by atoms with Crippen molar-refractivity contribution in [3.8, 4) is 5.75 Å². The molecule has 2 aromatic carbocycles. The second-order valence-electron chi connectivity index (χ2n) is 7.97. The first kappa shape index (κ1) is 19.6. The smallest absolute Gasteiger partial charge is 0.248 e. The van der Waals surface area contributed by atoms with E-state index in [1.54, 1.807) is 12.1 Å². The molecule has 29 heavy (non-hydrogen) atoms. The summed E-state index contributed by atoms with van der Waals surface area (Å²) in [5.74, 6) is 0.145. The number of piperidine rings is 1. The molecule has 2 aliphatic heterocycles. The Morgan fingerprint density at radius 1 is 1.10 bits per heavy atom. The monoisotopic (exact) mass is 393 g/mol. The van der Waals surface area contributed by atoms with Gasteiger partial charge in [0.1, 0.15) is 5.75 Å². The van der Waals surface area contributed by atoms with E-state index in [1.807, 2.05) is 36.4 Å². The zero-order chi connectivity index (χ0) is 20.4. The van der Waals surface area contributed by atoms with Gasteiger partial charge in [-0.25, -0.2) is 0 Å². The molecule has 1 amide bonds. The highest BCUT2D eigenvalue weighted by atomic mass is 16.5. The summed E-state index contributed by atoms with van der Waals surface area (Å²) in [5.41, 5.74) is 7.76. The van der Waals surface area contributed by atoms with E-state index in [9.17, 15) is 9.59 Å². The highest BCUT2D eigenvalue weighted by molar-refractivity contribution is 5.93. The van der Waals surface area contributed by atoms with Gasteiger partial charge >= 0.3 is 0 Å². The largest absolute Gasteiger partial charge is 0.480 e. The Hall–Kier alpha value is -2.70. The predicted octanol–water partition coefficient (Wildman–Crippen LogP) is 2.29. The van der Waals surface area contributed by atoms with E-state index in [-0.39, 0.29) is 17.7 Å². The van der Waals surface area contributed by atoms with Crippen molar-refractivity contribution in [2.45, 2.75) is 31.5 Å². The number of likely N-dealkylation sites (tertiary alicyclic amines) is 1. The molecule has 1 saturated heterocycles. The molecular formula is C23H27N3O3. The second kappa shape index (κ2) is 8.35. The summed E-state index contributed by atoms with van der Waals surface area (Å²) >= 11 is 0. The zero-order valence-corrected chi connectivity index (χ0v) is 16.6. The van der Waals surface area contributed by atoms with Gasteiger partial charge in [0.15, 0.2) is 11.9 Å². The summed E-state index contributed by atoms with van der Waals surface area (Å²) in [6, 6.07) is 14.9. The average molecular weight is 393 g/mol. The summed E-state index contributed by atoms with van der Waals surface area (Å²) < 4.78 is 6.32. The van der Waals surface area contributed by atoms with Crippen molar-refractivity contribution >= 4 is 11.7 Å². The van der Waals surface area contributed by atoms with Gasteiger partial charge in [-0.3, -0.25) is 9.59 Å². The normalized spacial score (nSPS) is 22.9. The number of ether oxygens (including phenoxy) is 1. The molecule has 0 spiro atoms. The highest BCUT2D eigenvalue weighted by Crippen LogP contribution is 2.33. The van der Waals surface area contributed by atoms with Gasteiger partial charge in [0.25, 0.3) is 0 Å². The summed E-state index contributed by atoms with van der Waals surface area (Å²) in [7, 11) is 2.08. The Labute approximate surface area is 171 Å². The minimum Gasteiger partial charge on any atom is -0.480 e. The topological polar surface area (TPSA) is 84.7 Å². The molecule has 2 atom stereocenters. The molecule has 6 nitrogen and oxygen atoms in total. The maximum absolute atomic E-state index is 13.5. The average Bonchev–Trinajstić information content (AvgIpc) is 2.93. The lowest BCUT2D eigenvalue weighted by atomic mass is 9.86. The molecule has 0 saturated carbocycles. The van der Waals surface area contributed by atoms with Gasteiger partial charge < -0.3 is 20.7 Å². The van der Waals surface area contributed by atoms with Crippen LogP contribution in [0, 0.1) is 5.92 Å². The third kappa shape index (κ3) is 4.18. The molecule has 2 aliphatic rings. The summed E-state index contributed by atoms with van der Waals surface area (Å²) in [6.07, 6.45) is 1.02. The Kier molecular flexibility index (Phi) is 5.65. The van der Waals surface area contributed by atoms with E-state index in [2.05, 4.69) is 17.3 Å². The number of carbonyl (C=O) groups excluding carboxylic acids is 2. The molecule has 1 fully saturated rings. The molecule has 0 aromatic heterocycles. The number of hydrogen-bond acceptors (Lipinski definition) is 5. The van der Waals surface area contributed by atoms with Crippen LogP contribution in [0.1, 0.15) is 40.4 Å². The van der Waals surface area contributed by atoms with Gasteiger partial charge in [-0.05, 0) is 50.7 Å². The SMILES string of the molecule is CN1CCC(C(=O)C2Oc3cc(C(N)=O)ccc3CNC2c2ccccc2)CC1. The first-order chi connectivity index (χ1) is 14.0. The number of hydrogen-bond donors (Lipinski definition) is 2. The van der Waals surface area contributed by atoms with E-state index in [1.165, 1.54) is 0 Å². The Bertz CT molecular complexity index is 891. The molecule has 0 bridgehead atoms. The number of rotatable bonds is 4. The molecule has 0 aliphatic carbocycles. The van der Waals surface area contributed by atoms with E-state index in [0.717, 1.165) is 37.1 Å². The lowest BCUT2D eigenvalue weighted by molar-refractivity contribution is -0.132. The van der Waals surface area contributed by atoms with Gasteiger partial charge in [0.05, 0.1) is 6.04 Å². The number of primary amides is 1. The summed E-state index contributed by atoms with van der Waals surface area (Å²) in [6.45, 7) is 2.37. The highest BCUT2D eigenvalue weighted by Gasteiger charge is 2.38. The summed E-state index contributed by atoms with van der Waals surface area (Å²) in [5, 5.41) is 3.51. The molecule has 152 valence electrons. The van der Waals surface area contributed by atoms with Crippen LogP contribution < -0.4 is 15.8 Å². The fourth-order valence-corrected chi connectivity index (χ4v) is 4.20. The van der Waals surface area contributed by atoms with Crippen LogP contribution in [0.3, 0.4) is 0 Å². The van der Waals surface area contributed by atoms with E-state index < -0.39 is 12.0 Å². The van der Waals surface area contributed by atoms with Crippen LogP contribution in [0.2, 0.25) is 0 Å².